The van der Waals surface area contributed by atoms with Gasteiger partial charge in [-0.15, -0.1) is 0 Å². The Balaban J connectivity index is 0. The summed E-state index contributed by atoms with van der Waals surface area (Å²) < 4.78 is 0. The predicted octanol–water partition coefficient (Wildman–Crippen LogP) is 2.14. The Hall–Kier alpha value is -1.28. The third-order valence-electron chi connectivity index (χ3n) is 0.657. The highest BCUT2D eigenvalue weighted by Gasteiger charge is 1.59. The van der Waals surface area contributed by atoms with Gasteiger partial charge in [0.1, 0.15) is 0 Å². The van der Waals surface area contributed by atoms with Crippen LogP contribution in [0.25, 0.3) is 0 Å². The Morgan fingerprint density at radius 1 is 0.900 bits per heavy atom. The van der Waals surface area contributed by atoms with E-state index in [9.17, 15) is 0 Å². The van der Waals surface area contributed by atoms with Crippen molar-refractivity contribution < 1.29 is 0 Å². The molecule has 4 N–H and O–H groups in total. The van der Waals surface area contributed by atoms with E-state index in [-0.39, 0.29) is 6.15 Å². The molecule has 0 aliphatic carbocycles. The maximum atomic E-state index is 3.51. The first-order chi connectivity index (χ1) is 4.41. The van der Waals surface area contributed by atoms with Crippen molar-refractivity contribution in [3.63, 3.8) is 0 Å². The lowest BCUT2D eigenvalue weighted by molar-refractivity contribution is 1.20. The van der Waals surface area contributed by atoms with Gasteiger partial charge in [-0.05, 0) is 12.2 Å². The summed E-state index contributed by atoms with van der Waals surface area (Å²) >= 11 is 0. The van der Waals surface area contributed by atoms with Crippen LogP contribution in [0.4, 0.5) is 0 Å². The second kappa shape index (κ2) is 10.7. The largest absolute Gasteiger partial charge is 0.368 e. The fourth-order valence-electron chi connectivity index (χ4n) is 0.303. The van der Waals surface area contributed by atoms with Crippen LogP contribution in [0.5, 0.6) is 0 Å². The molecule has 0 saturated heterocycles. The van der Waals surface area contributed by atoms with E-state index in [1.54, 1.807) is 24.6 Å². The van der Waals surface area contributed by atoms with E-state index in [2.05, 4.69) is 18.5 Å². The van der Waals surface area contributed by atoms with Gasteiger partial charge in [0.25, 0.3) is 0 Å². The lowest BCUT2D eigenvalue weighted by Gasteiger charge is -1.83. The van der Waals surface area contributed by atoms with Crippen LogP contribution in [-0.4, -0.2) is 0 Å². The van der Waals surface area contributed by atoms with Gasteiger partial charge in [0.2, 0.25) is 0 Å². The molecule has 0 aliphatic heterocycles. The Kier molecular flexibility index (Phi) is 12.3. The van der Waals surface area contributed by atoms with E-state index in [1.165, 1.54) is 0 Å². The zero-order valence-electron chi connectivity index (χ0n) is 6.09. The molecule has 0 bridgehead atoms. The van der Waals surface area contributed by atoms with E-state index >= 15 is 0 Å². The van der Waals surface area contributed by atoms with Gasteiger partial charge in [0.15, 0.2) is 0 Å². The second-order valence-corrected chi connectivity index (χ2v) is 1.36. The van der Waals surface area contributed by atoms with Gasteiger partial charge in [0.05, 0.1) is 0 Å². The molecule has 0 aromatic carbocycles. The molecule has 56 valence electrons. The maximum Gasteiger partial charge on any atom is 0.000421 e. The van der Waals surface area contributed by atoms with Gasteiger partial charge in [-0.2, -0.15) is 0 Å². The fraction of sp³-hybridized carbons (Fsp3) is 0. The minimum Gasteiger partial charge on any atom is -0.368 e. The molecule has 0 aromatic heterocycles. The zero-order valence-corrected chi connectivity index (χ0v) is 6.09. The highest BCUT2D eigenvalue weighted by Crippen LogP contribution is 1.70. The number of hydrogen-bond acceptors (Lipinski definition) is 2. The first-order valence-corrected chi connectivity index (χ1v) is 2.73. The Morgan fingerprint density at radius 2 is 1.30 bits per heavy atom. The van der Waals surface area contributed by atoms with Gasteiger partial charge >= 0.3 is 0 Å². The Morgan fingerprint density at radius 3 is 1.60 bits per heavy atom. The molecule has 0 aliphatic rings. The molecule has 0 atom stereocenters. The average Bonchev–Trinajstić information content (AvgIpc) is 1.89. The van der Waals surface area contributed by atoms with E-state index in [0.717, 1.165) is 0 Å². The molecule has 0 spiro atoms. The maximum absolute atomic E-state index is 3.51. The van der Waals surface area contributed by atoms with Crippen molar-refractivity contribution in [3.8, 4) is 0 Å². The van der Waals surface area contributed by atoms with Crippen LogP contribution >= 0.6 is 0 Å². The molecule has 0 rings (SSSR count). The molecule has 0 radical (unpaired) electrons. The first-order valence-electron chi connectivity index (χ1n) is 2.73. The normalized spacial score (nSPS) is 9.20. The number of nitrogens with one attached hydrogen (secondary N) is 1. The molecule has 0 amide bonds. The van der Waals surface area contributed by atoms with Crippen molar-refractivity contribution in [1.29, 1.82) is 0 Å². The van der Waals surface area contributed by atoms with Crippen LogP contribution in [0.2, 0.25) is 0 Å². The molecule has 0 fully saturated rings. The molecule has 0 unspecified atom stereocenters. The summed E-state index contributed by atoms with van der Waals surface area (Å²) in [6.07, 6.45) is 10.6. The molecule has 2 nitrogen and oxygen atoms in total. The number of allylic oxidation sites excluding steroid dienone is 4. The molecule has 0 heterocycles. The summed E-state index contributed by atoms with van der Waals surface area (Å²) in [6.45, 7) is 7.01. The lowest BCUT2D eigenvalue weighted by atomic mass is 10.6. The standard InChI is InChI=1S/C8H11N.H3N/c1-3-5-7-9-8-6-4-2;/h3-9H,1-2H2;1H3. The summed E-state index contributed by atoms with van der Waals surface area (Å²) in [7, 11) is 0. The predicted molar refractivity (Wildman–Crippen MR) is 46.8 cm³/mol. The average molecular weight is 138 g/mol. The molecule has 0 aromatic rings. The van der Waals surface area contributed by atoms with Gasteiger partial charge in [0, 0.05) is 12.4 Å². The highest BCUT2D eigenvalue weighted by atomic mass is 14.8. The van der Waals surface area contributed by atoms with E-state index in [4.69, 9.17) is 0 Å². The third kappa shape index (κ3) is 9.87. The minimum absolute atomic E-state index is 0. The number of rotatable bonds is 4. The first kappa shape index (κ1) is 11.5. The second-order valence-electron chi connectivity index (χ2n) is 1.36. The Bertz CT molecular complexity index is 118. The summed E-state index contributed by atoms with van der Waals surface area (Å²) in [6, 6.07) is 0. The van der Waals surface area contributed by atoms with Gasteiger partial charge in [-0.1, -0.05) is 25.3 Å². The minimum atomic E-state index is 0. The zero-order chi connectivity index (χ0) is 6.95. The van der Waals surface area contributed by atoms with Crippen molar-refractivity contribution in [2.45, 2.75) is 0 Å². The van der Waals surface area contributed by atoms with Crippen LogP contribution in [0.1, 0.15) is 0 Å². The van der Waals surface area contributed by atoms with Crippen molar-refractivity contribution in [3.05, 3.63) is 49.9 Å². The van der Waals surface area contributed by atoms with Crippen molar-refractivity contribution >= 4 is 0 Å². The van der Waals surface area contributed by atoms with Crippen molar-refractivity contribution in [2.24, 2.45) is 0 Å². The van der Waals surface area contributed by atoms with Crippen LogP contribution in [0, 0.1) is 0 Å². The summed E-state index contributed by atoms with van der Waals surface area (Å²) in [5.41, 5.74) is 0. The SMILES string of the molecule is C=CC=CNC=CC=C.N. The fourth-order valence-corrected chi connectivity index (χ4v) is 0.303. The number of hydrogen-bond donors (Lipinski definition) is 2. The monoisotopic (exact) mass is 138 g/mol. The smallest absolute Gasteiger partial charge is 0.000421 e. The summed E-state index contributed by atoms with van der Waals surface area (Å²) in [5.74, 6) is 0. The van der Waals surface area contributed by atoms with Crippen LogP contribution in [0.3, 0.4) is 0 Å². The highest BCUT2D eigenvalue weighted by molar-refractivity contribution is 5.01. The van der Waals surface area contributed by atoms with E-state index in [1.807, 2.05) is 12.2 Å². The van der Waals surface area contributed by atoms with Crippen molar-refractivity contribution in [1.82, 2.24) is 11.5 Å². The molecule has 2 heteroatoms. The van der Waals surface area contributed by atoms with Crippen LogP contribution in [0.15, 0.2) is 49.9 Å². The Labute approximate surface area is 62.2 Å². The van der Waals surface area contributed by atoms with Crippen molar-refractivity contribution in [2.75, 3.05) is 0 Å². The topological polar surface area (TPSA) is 47.0 Å². The third-order valence-corrected chi connectivity index (χ3v) is 0.657. The summed E-state index contributed by atoms with van der Waals surface area (Å²) in [4.78, 5) is 0. The molecule has 0 saturated carbocycles. The van der Waals surface area contributed by atoms with Crippen LogP contribution in [-0.2, 0) is 0 Å². The lowest BCUT2D eigenvalue weighted by Crippen LogP contribution is -1.88. The quantitative estimate of drug-likeness (QED) is 0.584. The molecule has 10 heavy (non-hydrogen) atoms. The van der Waals surface area contributed by atoms with Crippen LogP contribution < -0.4 is 11.5 Å². The summed E-state index contributed by atoms with van der Waals surface area (Å²) in [5, 5.41) is 2.88. The van der Waals surface area contributed by atoms with E-state index in [0.29, 0.717) is 0 Å². The molecular weight excluding hydrogens is 124 g/mol. The molecular formula is C8H14N2. The van der Waals surface area contributed by atoms with Gasteiger partial charge in [-0.25, -0.2) is 0 Å². The van der Waals surface area contributed by atoms with Gasteiger partial charge in [-0.3, -0.25) is 0 Å². The van der Waals surface area contributed by atoms with Gasteiger partial charge < -0.3 is 11.5 Å². The van der Waals surface area contributed by atoms with E-state index < -0.39 is 0 Å².